The first kappa shape index (κ1) is 12.0. The van der Waals surface area contributed by atoms with Crippen molar-refractivity contribution in [3.63, 3.8) is 0 Å². The first-order valence-corrected chi connectivity index (χ1v) is 4.97. The van der Waals surface area contributed by atoms with E-state index in [-0.39, 0.29) is 5.33 Å². The van der Waals surface area contributed by atoms with E-state index in [1.165, 1.54) is 6.07 Å². The van der Waals surface area contributed by atoms with E-state index in [1.54, 1.807) is 0 Å². The van der Waals surface area contributed by atoms with Crippen LogP contribution in [0.15, 0.2) is 18.2 Å². The van der Waals surface area contributed by atoms with Crippen molar-refractivity contribution in [3.05, 3.63) is 34.9 Å². The number of carbonyl (C=O) groups is 1. The molecule has 0 saturated carbocycles. The van der Waals surface area contributed by atoms with E-state index in [2.05, 4.69) is 15.9 Å². The fourth-order valence-corrected chi connectivity index (χ4v) is 1.44. The number of hydrogen-bond donors (Lipinski definition) is 1. The standard InChI is InChI=1S/C9H6BrF3O2/c10-4-5-1-2-6(8(14)15)7(3-5)9(11,12)13/h1-3H,4H2,(H,14,15). The molecule has 0 spiro atoms. The summed E-state index contributed by atoms with van der Waals surface area (Å²) in [4.78, 5) is 10.6. The van der Waals surface area contributed by atoms with Gasteiger partial charge in [0.2, 0.25) is 0 Å². The lowest BCUT2D eigenvalue weighted by Gasteiger charge is -2.11. The summed E-state index contributed by atoms with van der Waals surface area (Å²) in [5, 5.41) is 8.83. The maximum absolute atomic E-state index is 12.4. The van der Waals surface area contributed by atoms with Crippen molar-refractivity contribution in [1.82, 2.24) is 0 Å². The van der Waals surface area contributed by atoms with Gasteiger partial charge in [0.15, 0.2) is 0 Å². The molecule has 0 heterocycles. The van der Waals surface area contributed by atoms with Crippen molar-refractivity contribution in [3.8, 4) is 0 Å². The highest BCUT2D eigenvalue weighted by Gasteiger charge is 2.35. The molecule has 0 bridgehead atoms. The van der Waals surface area contributed by atoms with Gasteiger partial charge in [0.25, 0.3) is 0 Å². The first-order chi connectivity index (χ1) is 6.86. The Bertz CT molecular complexity index is 387. The molecule has 1 N–H and O–H groups in total. The molecule has 2 nitrogen and oxygen atoms in total. The van der Waals surface area contributed by atoms with E-state index >= 15 is 0 Å². The van der Waals surface area contributed by atoms with Gasteiger partial charge in [0.1, 0.15) is 0 Å². The largest absolute Gasteiger partial charge is 0.478 e. The lowest BCUT2D eigenvalue weighted by atomic mass is 10.0. The van der Waals surface area contributed by atoms with E-state index in [0.29, 0.717) is 5.56 Å². The average molecular weight is 283 g/mol. The monoisotopic (exact) mass is 282 g/mol. The summed E-state index contributed by atoms with van der Waals surface area (Å²) < 4.78 is 37.3. The maximum atomic E-state index is 12.4. The van der Waals surface area contributed by atoms with Crippen LogP contribution in [0.4, 0.5) is 13.2 Å². The van der Waals surface area contributed by atoms with Crippen molar-refractivity contribution < 1.29 is 23.1 Å². The fourth-order valence-electron chi connectivity index (χ4n) is 1.10. The second-order valence-electron chi connectivity index (χ2n) is 2.82. The zero-order valence-electron chi connectivity index (χ0n) is 7.31. The molecule has 0 unspecified atom stereocenters. The van der Waals surface area contributed by atoms with Crippen LogP contribution in [0.5, 0.6) is 0 Å². The SMILES string of the molecule is O=C(O)c1ccc(CBr)cc1C(F)(F)F. The minimum absolute atomic E-state index is 0.246. The number of benzene rings is 1. The minimum Gasteiger partial charge on any atom is -0.478 e. The van der Waals surface area contributed by atoms with Crippen LogP contribution in [0.25, 0.3) is 0 Å². The average Bonchev–Trinajstić information content (AvgIpc) is 2.15. The van der Waals surface area contributed by atoms with Crippen LogP contribution in [0.3, 0.4) is 0 Å². The molecule has 0 aliphatic carbocycles. The van der Waals surface area contributed by atoms with Crippen molar-refractivity contribution >= 4 is 21.9 Å². The Morgan fingerprint density at radius 3 is 2.40 bits per heavy atom. The van der Waals surface area contributed by atoms with Crippen molar-refractivity contribution in [2.45, 2.75) is 11.5 Å². The lowest BCUT2D eigenvalue weighted by Crippen LogP contribution is -2.13. The molecule has 0 amide bonds. The Morgan fingerprint density at radius 1 is 1.40 bits per heavy atom. The molecule has 0 radical (unpaired) electrons. The minimum atomic E-state index is -4.65. The van der Waals surface area contributed by atoms with Gasteiger partial charge in [-0.15, -0.1) is 0 Å². The molecule has 1 aromatic carbocycles. The van der Waals surface area contributed by atoms with Crippen molar-refractivity contribution in [1.29, 1.82) is 0 Å². The second-order valence-corrected chi connectivity index (χ2v) is 3.38. The summed E-state index contributed by atoms with van der Waals surface area (Å²) in [6.45, 7) is 0. The summed E-state index contributed by atoms with van der Waals surface area (Å²) in [6.07, 6.45) is -4.65. The van der Waals surface area contributed by atoms with E-state index in [4.69, 9.17) is 5.11 Å². The molecule has 0 saturated heterocycles. The smallest absolute Gasteiger partial charge is 0.417 e. The number of halogens is 4. The van der Waals surface area contributed by atoms with Crippen LogP contribution in [0, 0.1) is 0 Å². The van der Waals surface area contributed by atoms with E-state index in [0.717, 1.165) is 12.1 Å². The third-order valence-electron chi connectivity index (χ3n) is 1.77. The molecule has 15 heavy (non-hydrogen) atoms. The van der Waals surface area contributed by atoms with Gasteiger partial charge in [-0.1, -0.05) is 22.0 Å². The van der Waals surface area contributed by atoms with Crippen LogP contribution < -0.4 is 0 Å². The van der Waals surface area contributed by atoms with Crippen LogP contribution in [0.2, 0.25) is 0 Å². The Labute approximate surface area is 91.8 Å². The van der Waals surface area contributed by atoms with Crippen molar-refractivity contribution in [2.75, 3.05) is 0 Å². The molecule has 0 aliphatic heterocycles. The van der Waals surface area contributed by atoms with E-state index in [1.807, 2.05) is 0 Å². The highest BCUT2D eigenvalue weighted by Crippen LogP contribution is 2.33. The molecular weight excluding hydrogens is 277 g/mol. The summed E-state index contributed by atoms with van der Waals surface area (Å²) in [5.74, 6) is -1.58. The Hall–Kier alpha value is -1.04. The predicted octanol–water partition coefficient (Wildman–Crippen LogP) is 3.30. The third kappa shape index (κ3) is 2.71. The second kappa shape index (κ2) is 4.22. The molecule has 1 rings (SSSR count). The van der Waals surface area contributed by atoms with Gasteiger partial charge in [-0.05, 0) is 17.7 Å². The number of hydrogen-bond acceptors (Lipinski definition) is 1. The zero-order valence-corrected chi connectivity index (χ0v) is 8.89. The number of aromatic carboxylic acids is 1. The van der Waals surface area contributed by atoms with E-state index < -0.39 is 23.3 Å². The van der Waals surface area contributed by atoms with Gasteiger partial charge in [0.05, 0.1) is 11.1 Å². The highest BCUT2D eigenvalue weighted by atomic mass is 79.9. The Morgan fingerprint density at radius 2 is 2.00 bits per heavy atom. The first-order valence-electron chi connectivity index (χ1n) is 3.85. The number of carboxylic acid groups (broad SMARTS) is 1. The fraction of sp³-hybridized carbons (Fsp3) is 0.222. The van der Waals surface area contributed by atoms with Gasteiger partial charge >= 0.3 is 12.1 Å². The molecular formula is C9H6BrF3O2. The lowest BCUT2D eigenvalue weighted by molar-refractivity contribution is -0.138. The molecule has 0 aromatic heterocycles. The third-order valence-corrected chi connectivity index (χ3v) is 2.42. The number of alkyl halides is 4. The van der Waals surface area contributed by atoms with Crippen LogP contribution >= 0.6 is 15.9 Å². The summed E-state index contributed by atoms with van der Waals surface area (Å²) in [6, 6.07) is 3.13. The molecule has 6 heteroatoms. The van der Waals surface area contributed by atoms with Gasteiger partial charge in [-0.2, -0.15) is 13.2 Å². The maximum Gasteiger partial charge on any atom is 0.417 e. The Kier molecular flexibility index (Phi) is 3.38. The van der Waals surface area contributed by atoms with Gasteiger partial charge in [0, 0.05) is 5.33 Å². The molecule has 82 valence electrons. The summed E-state index contributed by atoms with van der Waals surface area (Å²) in [7, 11) is 0. The van der Waals surface area contributed by atoms with Gasteiger partial charge in [-0.25, -0.2) is 4.79 Å². The molecule has 1 aromatic rings. The Balaban J connectivity index is 3.36. The highest BCUT2D eigenvalue weighted by molar-refractivity contribution is 9.08. The summed E-state index contributed by atoms with van der Waals surface area (Å²) in [5.41, 5.74) is -1.47. The molecule has 0 fully saturated rings. The topological polar surface area (TPSA) is 37.3 Å². The van der Waals surface area contributed by atoms with Gasteiger partial charge < -0.3 is 5.11 Å². The summed E-state index contributed by atoms with van der Waals surface area (Å²) >= 11 is 3.01. The van der Waals surface area contributed by atoms with Crippen molar-refractivity contribution in [2.24, 2.45) is 0 Å². The van der Waals surface area contributed by atoms with Crippen LogP contribution in [-0.4, -0.2) is 11.1 Å². The molecule has 0 aliphatic rings. The van der Waals surface area contributed by atoms with Gasteiger partial charge in [-0.3, -0.25) is 0 Å². The normalized spacial score (nSPS) is 11.5. The molecule has 0 atom stereocenters. The van der Waals surface area contributed by atoms with Crippen LogP contribution in [0.1, 0.15) is 21.5 Å². The van der Waals surface area contributed by atoms with E-state index in [9.17, 15) is 18.0 Å². The zero-order chi connectivity index (χ0) is 11.6. The predicted molar refractivity (Wildman–Crippen MR) is 51.0 cm³/mol. The number of carboxylic acids is 1. The number of rotatable bonds is 2. The quantitative estimate of drug-likeness (QED) is 0.845. The van der Waals surface area contributed by atoms with Crippen LogP contribution in [-0.2, 0) is 11.5 Å².